The molecule has 0 radical (unpaired) electrons. The SMILES string of the molecule is C[C@H](NC(=O)[C@H](CC(N)=O)NC(=O)[C@@H]1CCCN1C(=O)[C@H](CC(N)=O)NC(=O)[C@H](C)NC(=O)[C@@H](N)CC(N)=O)C(=O)N[C@@H](CC(N)=O)C(=O)N1CCC[C@H]1C(=O)N[C@@H](CC(N)=O)C(=O)N[C@@H](C)C(=O)N1CCC[C@H]1C(=O)O. The lowest BCUT2D eigenvalue weighted by Gasteiger charge is -2.31. The molecule has 33 heteroatoms. The van der Waals surface area contributed by atoms with E-state index >= 15 is 0 Å². The monoisotopic (exact) mass is 1090 g/mol. The van der Waals surface area contributed by atoms with Crippen LogP contribution in [-0.2, 0) is 76.7 Å². The number of hydrogen-bond acceptors (Lipinski definition) is 17. The number of nitrogens with zero attached hydrogens (tertiary/aromatic N) is 3. The fourth-order valence-electron chi connectivity index (χ4n) is 8.75. The van der Waals surface area contributed by atoms with Crippen molar-refractivity contribution in [1.82, 2.24) is 51.9 Å². The summed E-state index contributed by atoms with van der Waals surface area (Å²) in [5, 5.41) is 25.5. The summed E-state index contributed by atoms with van der Waals surface area (Å²) in [6.45, 7) is 3.48. The maximum atomic E-state index is 14.0. The lowest BCUT2D eigenvalue weighted by atomic mass is 10.1. The average Bonchev–Trinajstić information content (AvgIpc) is 4.14. The molecule has 0 bridgehead atoms. The van der Waals surface area contributed by atoms with Crippen molar-refractivity contribution in [2.24, 2.45) is 34.4 Å². The van der Waals surface area contributed by atoms with E-state index in [9.17, 15) is 81.8 Å². The van der Waals surface area contributed by atoms with Crippen LogP contribution in [0.5, 0.6) is 0 Å². The zero-order chi connectivity index (χ0) is 58.2. The van der Waals surface area contributed by atoms with E-state index in [1.54, 1.807) is 0 Å². The molecule has 11 atom stereocenters. The Morgan fingerprint density at radius 2 is 0.714 bits per heavy atom. The fourth-order valence-corrected chi connectivity index (χ4v) is 8.75. The first kappa shape index (κ1) is 62.8. The zero-order valence-electron chi connectivity index (χ0n) is 42.5. The smallest absolute Gasteiger partial charge is 0.326 e. The molecule has 426 valence electrons. The molecule has 0 aliphatic carbocycles. The Bertz CT molecular complexity index is 2370. The van der Waals surface area contributed by atoms with Gasteiger partial charge in [-0.15, -0.1) is 0 Å². The number of carboxylic acids is 1. The second-order valence-corrected chi connectivity index (χ2v) is 18.8. The minimum absolute atomic E-state index is 0.0191. The molecule has 3 aliphatic rings. The molecule has 3 aliphatic heterocycles. The van der Waals surface area contributed by atoms with E-state index in [0.717, 1.165) is 21.6 Å². The number of carbonyl (C=O) groups is 16. The van der Waals surface area contributed by atoms with Crippen LogP contribution in [0.25, 0.3) is 0 Å². The molecule has 3 rings (SSSR count). The van der Waals surface area contributed by atoms with Crippen LogP contribution >= 0.6 is 0 Å². The Hall–Kier alpha value is -8.52. The summed E-state index contributed by atoms with van der Waals surface area (Å²) in [6, 6.07) is -16.5. The van der Waals surface area contributed by atoms with Gasteiger partial charge in [0.2, 0.25) is 88.6 Å². The number of amides is 15. The lowest BCUT2D eigenvalue weighted by Crippen LogP contribution is -2.60. The summed E-state index contributed by atoms with van der Waals surface area (Å²) in [5.74, 6) is -16.4. The first-order valence-electron chi connectivity index (χ1n) is 24.4. The average molecular weight is 1090 g/mol. The molecule has 3 heterocycles. The van der Waals surface area contributed by atoms with E-state index in [0.29, 0.717) is 6.42 Å². The van der Waals surface area contributed by atoms with Crippen LogP contribution in [-0.4, -0.2) is 200 Å². The Balaban J connectivity index is 1.71. The number of nitrogens with one attached hydrogen (secondary N) is 7. The lowest BCUT2D eigenvalue weighted by molar-refractivity contribution is -0.149. The Morgan fingerprint density at radius 3 is 1.06 bits per heavy atom. The topological polar surface area (TPSA) is 543 Å². The maximum absolute atomic E-state index is 14.0. The molecular formula is C44H68N16O17. The first-order valence-corrected chi connectivity index (χ1v) is 24.4. The largest absolute Gasteiger partial charge is 0.480 e. The van der Waals surface area contributed by atoms with Crippen LogP contribution in [0.1, 0.15) is 91.4 Å². The van der Waals surface area contributed by atoms with Crippen LogP contribution < -0.4 is 71.6 Å². The highest BCUT2D eigenvalue weighted by molar-refractivity contribution is 6.01. The summed E-state index contributed by atoms with van der Waals surface area (Å²) in [4.78, 5) is 208. The molecule has 3 saturated heterocycles. The quantitative estimate of drug-likeness (QED) is 0.0346. The summed E-state index contributed by atoms with van der Waals surface area (Å²) < 4.78 is 0. The van der Waals surface area contributed by atoms with Gasteiger partial charge in [0.15, 0.2) is 0 Å². The first-order chi connectivity index (χ1) is 35.9. The number of rotatable bonds is 28. The number of aliphatic carboxylic acids is 1. The number of carboxylic acid groups (broad SMARTS) is 1. The molecular weight excluding hydrogens is 1020 g/mol. The molecule has 0 aromatic heterocycles. The van der Waals surface area contributed by atoms with Gasteiger partial charge in [0.1, 0.15) is 60.4 Å². The highest BCUT2D eigenvalue weighted by atomic mass is 16.4. The van der Waals surface area contributed by atoms with Gasteiger partial charge in [0.05, 0.1) is 38.1 Å². The summed E-state index contributed by atoms with van der Waals surface area (Å²) in [6.07, 6.45) is -2.85. The molecule has 0 unspecified atom stereocenters. The minimum atomic E-state index is -1.80. The normalized spacial score (nSPS) is 20.0. The number of likely N-dealkylation sites (tertiary alicyclic amines) is 3. The Morgan fingerprint density at radius 1 is 0.403 bits per heavy atom. The number of hydrogen-bond donors (Lipinski definition) is 14. The van der Waals surface area contributed by atoms with Crippen LogP contribution in [0.4, 0.5) is 0 Å². The van der Waals surface area contributed by atoms with Crippen LogP contribution in [0, 0.1) is 0 Å². The van der Waals surface area contributed by atoms with Crippen LogP contribution in [0.15, 0.2) is 0 Å². The van der Waals surface area contributed by atoms with E-state index in [2.05, 4.69) is 37.2 Å². The van der Waals surface area contributed by atoms with Crippen molar-refractivity contribution in [3.63, 3.8) is 0 Å². The summed E-state index contributed by atoms with van der Waals surface area (Å²) >= 11 is 0. The van der Waals surface area contributed by atoms with E-state index < -0.39 is 193 Å². The molecule has 0 aromatic carbocycles. The standard InChI is InChI=1S/C44H68N16O17/c1-18(51-36(68)21(45)13-29(46)61)34(66)56-24(16-32(49)64)42(74)58-10-4-7-26(58)39(71)54-22(14-30(47)62)37(69)52-19(2)35(67)57-25(17-33(50)65)43(75)59-11-5-8-27(59)40(72)55-23(15-31(48)63)38(70)53-20(3)41(73)60-12-6-9-28(60)44(76)77/h18-28H,4-17,45H2,1-3H3,(H2,46,61)(H2,47,62)(H2,48,63)(H2,49,64)(H2,50,65)(H,51,68)(H,52,69)(H,53,70)(H,54,71)(H,55,72)(H,56,66)(H,57,67)(H,76,77)/t18-,19-,20-,21-,22-,23-,24-,25-,26-,27-,28-/m0/s1. The van der Waals surface area contributed by atoms with Gasteiger partial charge < -0.3 is 91.4 Å². The summed E-state index contributed by atoms with van der Waals surface area (Å²) in [7, 11) is 0. The van der Waals surface area contributed by atoms with E-state index in [4.69, 9.17) is 34.4 Å². The van der Waals surface area contributed by atoms with Gasteiger partial charge in [-0.25, -0.2) is 4.79 Å². The number of nitrogens with two attached hydrogens (primary N) is 6. The molecule has 15 amide bonds. The van der Waals surface area contributed by atoms with Crippen molar-refractivity contribution in [3.8, 4) is 0 Å². The van der Waals surface area contributed by atoms with Gasteiger partial charge in [-0.1, -0.05) is 0 Å². The van der Waals surface area contributed by atoms with Gasteiger partial charge in [0.25, 0.3) is 0 Å². The van der Waals surface area contributed by atoms with Crippen LogP contribution in [0.3, 0.4) is 0 Å². The van der Waals surface area contributed by atoms with E-state index in [-0.39, 0.29) is 51.7 Å². The molecule has 20 N–H and O–H groups in total. The number of primary amides is 5. The van der Waals surface area contributed by atoms with Gasteiger partial charge in [-0.05, 0) is 59.3 Å². The van der Waals surface area contributed by atoms with Crippen molar-refractivity contribution >= 4 is 94.6 Å². The maximum Gasteiger partial charge on any atom is 0.326 e. The van der Waals surface area contributed by atoms with Crippen molar-refractivity contribution < 1.29 is 81.8 Å². The van der Waals surface area contributed by atoms with Crippen molar-refractivity contribution in [1.29, 1.82) is 0 Å². The van der Waals surface area contributed by atoms with Crippen LogP contribution in [0.2, 0.25) is 0 Å². The van der Waals surface area contributed by atoms with Crippen molar-refractivity contribution in [2.75, 3.05) is 19.6 Å². The second-order valence-electron chi connectivity index (χ2n) is 18.8. The second kappa shape index (κ2) is 28.4. The third kappa shape index (κ3) is 18.4. The predicted octanol–water partition coefficient (Wildman–Crippen LogP) is -9.80. The van der Waals surface area contributed by atoms with Crippen molar-refractivity contribution in [2.45, 2.75) is 158 Å². The Kier molecular flexibility index (Phi) is 23.2. The molecule has 0 saturated carbocycles. The number of carbonyl (C=O) groups excluding carboxylic acids is 15. The molecule has 3 fully saturated rings. The predicted molar refractivity (Wildman–Crippen MR) is 259 cm³/mol. The Labute approximate surface area is 439 Å². The van der Waals surface area contributed by atoms with Gasteiger partial charge in [0, 0.05) is 19.6 Å². The fraction of sp³-hybridized carbons (Fsp3) is 0.636. The van der Waals surface area contributed by atoms with Gasteiger partial charge in [-0.3, -0.25) is 71.9 Å². The molecule has 77 heavy (non-hydrogen) atoms. The highest BCUT2D eigenvalue weighted by Gasteiger charge is 2.43. The summed E-state index contributed by atoms with van der Waals surface area (Å²) in [5.41, 5.74) is 32.2. The molecule has 0 aromatic rings. The minimum Gasteiger partial charge on any atom is -0.480 e. The molecule has 33 nitrogen and oxygen atoms in total. The third-order valence-electron chi connectivity index (χ3n) is 12.6. The van der Waals surface area contributed by atoms with Gasteiger partial charge >= 0.3 is 5.97 Å². The van der Waals surface area contributed by atoms with E-state index in [1.807, 2.05) is 0 Å². The van der Waals surface area contributed by atoms with Crippen molar-refractivity contribution in [3.05, 3.63) is 0 Å². The van der Waals surface area contributed by atoms with Gasteiger partial charge in [-0.2, -0.15) is 0 Å². The zero-order valence-corrected chi connectivity index (χ0v) is 42.5. The molecule has 0 spiro atoms. The third-order valence-corrected chi connectivity index (χ3v) is 12.6. The highest BCUT2D eigenvalue weighted by Crippen LogP contribution is 2.22. The van der Waals surface area contributed by atoms with E-state index in [1.165, 1.54) is 13.8 Å².